The minimum Gasteiger partial charge on any atom is -0.484 e. The van der Waals surface area contributed by atoms with Crippen molar-refractivity contribution in [3.8, 4) is 5.75 Å². The maximum Gasteiger partial charge on any atom is 0.305 e. The number of amides is 1. The first-order chi connectivity index (χ1) is 10.1. The van der Waals surface area contributed by atoms with E-state index in [1.165, 1.54) is 11.3 Å². The molecule has 110 valence electrons. The molecule has 0 fully saturated rings. The summed E-state index contributed by atoms with van der Waals surface area (Å²) in [6.45, 7) is -0.147. The van der Waals surface area contributed by atoms with Crippen molar-refractivity contribution in [1.82, 2.24) is 5.32 Å². The number of thiophene rings is 1. The topological polar surface area (TPSA) is 75.6 Å². The summed E-state index contributed by atoms with van der Waals surface area (Å²) in [7, 11) is 0. The van der Waals surface area contributed by atoms with Gasteiger partial charge in [-0.1, -0.05) is 24.3 Å². The van der Waals surface area contributed by atoms with Crippen LogP contribution >= 0.6 is 11.3 Å². The molecule has 1 amide bonds. The van der Waals surface area contributed by atoms with Crippen LogP contribution in [-0.2, 0) is 9.59 Å². The zero-order valence-electron chi connectivity index (χ0n) is 11.2. The van der Waals surface area contributed by atoms with Gasteiger partial charge in [0.05, 0.1) is 12.5 Å². The Morgan fingerprint density at radius 3 is 2.57 bits per heavy atom. The molecule has 6 heteroatoms. The molecule has 0 aliphatic carbocycles. The number of nitrogens with one attached hydrogen (secondary N) is 1. The van der Waals surface area contributed by atoms with Crippen LogP contribution < -0.4 is 10.1 Å². The number of hydrogen-bond donors (Lipinski definition) is 2. The van der Waals surface area contributed by atoms with Crippen molar-refractivity contribution >= 4 is 23.2 Å². The molecular formula is C15H15NO4S. The zero-order valence-corrected chi connectivity index (χ0v) is 12.0. The normalized spacial score (nSPS) is 11.6. The molecule has 0 radical (unpaired) electrons. The molecule has 0 aliphatic heterocycles. The molecule has 0 spiro atoms. The Labute approximate surface area is 126 Å². The van der Waals surface area contributed by atoms with Gasteiger partial charge in [-0.05, 0) is 23.6 Å². The maximum absolute atomic E-state index is 11.9. The van der Waals surface area contributed by atoms with E-state index >= 15 is 0 Å². The molecule has 1 aromatic carbocycles. The number of carbonyl (C=O) groups excluding carboxylic acids is 1. The molecule has 21 heavy (non-hydrogen) atoms. The number of hydrogen-bond acceptors (Lipinski definition) is 4. The third kappa shape index (κ3) is 4.92. The van der Waals surface area contributed by atoms with Crippen LogP contribution in [0.1, 0.15) is 17.3 Å². The summed E-state index contributed by atoms with van der Waals surface area (Å²) in [5.41, 5.74) is 0. The number of carboxylic acid groups (broad SMARTS) is 1. The highest BCUT2D eigenvalue weighted by Gasteiger charge is 2.19. The zero-order chi connectivity index (χ0) is 15.1. The second-order valence-electron chi connectivity index (χ2n) is 4.34. The predicted molar refractivity (Wildman–Crippen MR) is 79.4 cm³/mol. The van der Waals surface area contributed by atoms with Gasteiger partial charge < -0.3 is 15.2 Å². The fraction of sp³-hybridized carbons (Fsp3) is 0.200. The van der Waals surface area contributed by atoms with Crippen molar-refractivity contribution < 1.29 is 19.4 Å². The van der Waals surface area contributed by atoms with Crippen molar-refractivity contribution in [2.45, 2.75) is 12.5 Å². The highest BCUT2D eigenvalue weighted by Crippen LogP contribution is 2.22. The number of benzene rings is 1. The first-order valence-corrected chi connectivity index (χ1v) is 7.25. The van der Waals surface area contributed by atoms with E-state index in [1.807, 2.05) is 29.6 Å². The minimum absolute atomic E-state index is 0.147. The lowest BCUT2D eigenvalue weighted by Crippen LogP contribution is -2.33. The summed E-state index contributed by atoms with van der Waals surface area (Å²) in [4.78, 5) is 23.6. The second kappa shape index (κ2) is 7.44. The maximum atomic E-state index is 11.9. The van der Waals surface area contributed by atoms with E-state index in [0.29, 0.717) is 5.75 Å². The average Bonchev–Trinajstić information content (AvgIpc) is 2.99. The van der Waals surface area contributed by atoms with Gasteiger partial charge in [-0.25, -0.2) is 0 Å². The quantitative estimate of drug-likeness (QED) is 0.824. The lowest BCUT2D eigenvalue weighted by molar-refractivity contribution is -0.137. The van der Waals surface area contributed by atoms with E-state index in [-0.39, 0.29) is 18.9 Å². The molecular weight excluding hydrogens is 290 g/mol. The molecule has 1 heterocycles. The van der Waals surface area contributed by atoms with Crippen LogP contribution in [0.5, 0.6) is 5.75 Å². The van der Waals surface area contributed by atoms with Gasteiger partial charge in [-0.15, -0.1) is 11.3 Å². The number of aliphatic carboxylic acids is 1. The average molecular weight is 305 g/mol. The van der Waals surface area contributed by atoms with Gasteiger partial charge in [0.15, 0.2) is 6.61 Å². The van der Waals surface area contributed by atoms with Crippen molar-refractivity contribution in [2.75, 3.05) is 6.61 Å². The smallest absolute Gasteiger partial charge is 0.305 e. The fourth-order valence-electron chi connectivity index (χ4n) is 1.79. The van der Waals surface area contributed by atoms with E-state index in [2.05, 4.69) is 5.32 Å². The molecule has 5 nitrogen and oxygen atoms in total. The number of ether oxygens (including phenoxy) is 1. The van der Waals surface area contributed by atoms with E-state index < -0.39 is 12.0 Å². The van der Waals surface area contributed by atoms with Gasteiger partial charge in [0, 0.05) is 4.88 Å². The minimum atomic E-state index is -0.960. The molecule has 2 N–H and O–H groups in total. The van der Waals surface area contributed by atoms with Crippen molar-refractivity contribution in [3.63, 3.8) is 0 Å². The van der Waals surface area contributed by atoms with Crippen LogP contribution in [0, 0.1) is 0 Å². The lowest BCUT2D eigenvalue weighted by Gasteiger charge is -2.15. The predicted octanol–water partition coefficient (Wildman–Crippen LogP) is 2.46. The molecule has 0 saturated carbocycles. The summed E-state index contributed by atoms with van der Waals surface area (Å²) >= 11 is 1.41. The van der Waals surface area contributed by atoms with E-state index in [4.69, 9.17) is 9.84 Å². The highest BCUT2D eigenvalue weighted by atomic mass is 32.1. The van der Waals surface area contributed by atoms with Crippen molar-refractivity contribution in [3.05, 3.63) is 52.7 Å². The number of para-hydroxylation sites is 1. The largest absolute Gasteiger partial charge is 0.484 e. The fourth-order valence-corrected chi connectivity index (χ4v) is 2.57. The number of carbonyl (C=O) groups is 2. The number of carboxylic acids is 1. The van der Waals surface area contributed by atoms with E-state index in [9.17, 15) is 9.59 Å². The van der Waals surface area contributed by atoms with Gasteiger partial charge >= 0.3 is 5.97 Å². The first-order valence-electron chi connectivity index (χ1n) is 6.37. The third-order valence-corrected chi connectivity index (χ3v) is 3.70. The summed E-state index contributed by atoms with van der Waals surface area (Å²) in [5.74, 6) is -0.713. The first kappa shape index (κ1) is 15.1. The molecule has 0 saturated heterocycles. The Bertz CT molecular complexity index is 583. The van der Waals surface area contributed by atoms with Gasteiger partial charge in [-0.3, -0.25) is 9.59 Å². The Morgan fingerprint density at radius 2 is 1.95 bits per heavy atom. The van der Waals surface area contributed by atoms with Crippen LogP contribution in [-0.4, -0.2) is 23.6 Å². The van der Waals surface area contributed by atoms with E-state index in [1.54, 1.807) is 18.2 Å². The molecule has 0 unspecified atom stereocenters. The van der Waals surface area contributed by atoms with Crippen LogP contribution in [0.15, 0.2) is 47.8 Å². The summed E-state index contributed by atoms with van der Waals surface area (Å²) in [6.07, 6.45) is -0.155. The summed E-state index contributed by atoms with van der Waals surface area (Å²) in [5, 5.41) is 13.5. The van der Waals surface area contributed by atoms with Crippen LogP contribution in [0.2, 0.25) is 0 Å². The van der Waals surface area contributed by atoms with Gasteiger partial charge in [-0.2, -0.15) is 0 Å². The third-order valence-electron chi connectivity index (χ3n) is 2.71. The van der Waals surface area contributed by atoms with Gasteiger partial charge in [0.25, 0.3) is 5.91 Å². The molecule has 0 bridgehead atoms. The Kier molecular flexibility index (Phi) is 5.34. The SMILES string of the molecule is O=C(O)C[C@@H](NC(=O)COc1ccccc1)c1cccs1. The molecule has 0 aliphatic rings. The molecule has 2 aromatic rings. The highest BCUT2D eigenvalue weighted by molar-refractivity contribution is 7.10. The second-order valence-corrected chi connectivity index (χ2v) is 5.31. The molecule has 1 atom stereocenters. The van der Waals surface area contributed by atoms with Gasteiger partial charge in [0.1, 0.15) is 5.75 Å². The standard InChI is InChI=1S/C15H15NO4S/c17-14(10-20-11-5-2-1-3-6-11)16-12(9-15(18)19)13-7-4-8-21-13/h1-8,12H,9-10H2,(H,16,17)(H,18,19)/t12-/m1/s1. The van der Waals surface area contributed by atoms with Crippen molar-refractivity contribution in [2.24, 2.45) is 0 Å². The lowest BCUT2D eigenvalue weighted by atomic mass is 10.1. The van der Waals surface area contributed by atoms with Crippen LogP contribution in [0.25, 0.3) is 0 Å². The van der Waals surface area contributed by atoms with Crippen LogP contribution in [0.4, 0.5) is 0 Å². The van der Waals surface area contributed by atoms with Crippen LogP contribution in [0.3, 0.4) is 0 Å². The molecule has 2 rings (SSSR count). The summed E-state index contributed by atoms with van der Waals surface area (Å²) in [6, 6.07) is 12.1. The summed E-state index contributed by atoms with van der Waals surface area (Å²) < 4.78 is 5.33. The monoisotopic (exact) mass is 305 g/mol. The Balaban J connectivity index is 1.90. The molecule has 1 aromatic heterocycles. The number of rotatable bonds is 7. The van der Waals surface area contributed by atoms with Crippen molar-refractivity contribution in [1.29, 1.82) is 0 Å². The van der Waals surface area contributed by atoms with E-state index in [0.717, 1.165) is 4.88 Å². The Hall–Kier alpha value is -2.34. The van der Waals surface area contributed by atoms with Gasteiger partial charge in [0.2, 0.25) is 0 Å². The Morgan fingerprint density at radius 1 is 1.19 bits per heavy atom.